The number of esters is 1. The van der Waals surface area contributed by atoms with Crippen molar-refractivity contribution in [3.05, 3.63) is 12.2 Å². The van der Waals surface area contributed by atoms with Crippen LogP contribution >= 0.6 is 0 Å². The Morgan fingerprint density at radius 1 is 0.319 bits per heavy atom. The van der Waals surface area contributed by atoms with Gasteiger partial charge in [-0.1, -0.05) is 342 Å². The summed E-state index contributed by atoms with van der Waals surface area (Å²) < 4.78 is 5.88. The molecule has 428 valence electrons. The van der Waals surface area contributed by atoms with Gasteiger partial charge in [0, 0.05) is 19.5 Å². The van der Waals surface area contributed by atoms with Crippen LogP contribution in [0.4, 0.5) is 0 Å². The normalized spacial score (nSPS) is 12.1. The molecule has 72 heavy (non-hydrogen) atoms. The molecular weight excluding hydrogens is 879 g/mol. The molecule has 0 saturated heterocycles. The summed E-state index contributed by atoms with van der Waals surface area (Å²) in [7, 11) is 0. The minimum Gasteiger partial charge on any atom is -0.465 e. The second-order valence-corrected chi connectivity index (χ2v) is 23.3. The number of carbonyl (C=O) groups is 2. The highest BCUT2D eigenvalue weighted by molar-refractivity contribution is 5.83. The first-order chi connectivity index (χ1) is 35.6. The van der Waals surface area contributed by atoms with Crippen molar-refractivity contribution in [2.75, 3.05) is 19.7 Å². The van der Waals surface area contributed by atoms with Crippen molar-refractivity contribution >= 4 is 11.9 Å². The zero-order valence-electron chi connectivity index (χ0n) is 50.1. The molecule has 0 radical (unpaired) electrons. The van der Waals surface area contributed by atoms with E-state index in [0.717, 1.165) is 58.0 Å². The lowest BCUT2D eigenvalue weighted by Crippen LogP contribution is -2.35. The minimum atomic E-state index is -0.291. The first-order valence-electron chi connectivity index (χ1n) is 33.7. The summed E-state index contributed by atoms with van der Waals surface area (Å²) in [5, 5.41) is 0. The van der Waals surface area contributed by atoms with E-state index in [-0.39, 0.29) is 17.8 Å². The fourth-order valence-electron chi connectivity index (χ4n) is 10.9. The van der Waals surface area contributed by atoms with Crippen molar-refractivity contribution in [1.29, 1.82) is 0 Å². The van der Waals surface area contributed by atoms with Gasteiger partial charge < -0.3 is 9.64 Å². The van der Waals surface area contributed by atoms with E-state index in [9.17, 15) is 9.59 Å². The maximum absolute atomic E-state index is 13.9. The summed E-state index contributed by atoms with van der Waals surface area (Å²) in [6.45, 7) is 11.3. The van der Waals surface area contributed by atoms with Gasteiger partial charge in [-0.05, 0) is 51.4 Å². The fraction of sp³-hybridized carbons (Fsp3) is 0.941. The third kappa shape index (κ3) is 54.9. The van der Waals surface area contributed by atoms with Gasteiger partial charge in [0.1, 0.15) is 0 Å². The van der Waals surface area contributed by atoms with Crippen LogP contribution in [0.15, 0.2) is 12.2 Å². The first-order valence-corrected chi connectivity index (χ1v) is 33.7. The third-order valence-corrected chi connectivity index (χ3v) is 16.0. The molecule has 0 aliphatic carbocycles. The molecule has 0 aromatic rings. The molecule has 0 spiro atoms. The molecule has 0 aliphatic heterocycles. The first kappa shape index (κ1) is 70.7. The molecule has 4 nitrogen and oxygen atoms in total. The van der Waals surface area contributed by atoms with Crippen molar-refractivity contribution in [2.45, 2.75) is 387 Å². The fourth-order valence-corrected chi connectivity index (χ4v) is 10.9. The summed E-state index contributed by atoms with van der Waals surface area (Å²) in [6.07, 6.45) is 78.2. The molecule has 1 atom stereocenters. The van der Waals surface area contributed by atoms with E-state index in [1.807, 2.05) is 0 Å². The van der Waals surface area contributed by atoms with Gasteiger partial charge in [0.2, 0.25) is 5.91 Å². The molecule has 0 aliphatic rings. The van der Waals surface area contributed by atoms with Crippen LogP contribution in [0.2, 0.25) is 0 Å². The Bertz CT molecular complexity index is 1060. The number of rotatable bonds is 62. The lowest BCUT2D eigenvalue weighted by atomic mass is 9.96. The van der Waals surface area contributed by atoms with E-state index in [1.54, 1.807) is 0 Å². The van der Waals surface area contributed by atoms with Crippen molar-refractivity contribution in [3.8, 4) is 0 Å². The van der Waals surface area contributed by atoms with Crippen LogP contribution in [0, 0.1) is 5.92 Å². The molecule has 1 amide bonds. The Balaban J connectivity index is 4.01. The van der Waals surface area contributed by atoms with Gasteiger partial charge in [-0.2, -0.15) is 0 Å². The number of carbonyl (C=O) groups excluding carboxylic acids is 2. The molecule has 0 aromatic heterocycles. The van der Waals surface area contributed by atoms with E-state index in [4.69, 9.17) is 4.74 Å². The summed E-state index contributed by atoms with van der Waals surface area (Å²) in [5.74, 6) is -0.216. The van der Waals surface area contributed by atoms with Crippen molar-refractivity contribution in [3.63, 3.8) is 0 Å². The Hall–Kier alpha value is -1.32. The number of ether oxygens (including phenoxy) is 1. The number of hydrogen-bond donors (Lipinski definition) is 0. The molecule has 1 unspecified atom stereocenters. The van der Waals surface area contributed by atoms with Gasteiger partial charge >= 0.3 is 5.97 Å². The Labute approximate surface area is 454 Å². The number of unbranched alkanes of at least 4 members (excludes halogenated alkanes) is 49. The van der Waals surface area contributed by atoms with E-state index >= 15 is 0 Å². The summed E-state index contributed by atoms with van der Waals surface area (Å²) in [4.78, 5) is 29.5. The predicted octanol–water partition coefficient (Wildman–Crippen LogP) is 23.5. The highest BCUT2D eigenvalue weighted by Crippen LogP contribution is 2.22. The Morgan fingerprint density at radius 3 is 0.875 bits per heavy atom. The highest BCUT2D eigenvalue weighted by Gasteiger charge is 2.26. The third-order valence-electron chi connectivity index (χ3n) is 16.0. The number of amides is 1. The van der Waals surface area contributed by atoms with Crippen LogP contribution in [0.1, 0.15) is 387 Å². The van der Waals surface area contributed by atoms with Gasteiger partial charge in [-0.15, -0.1) is 0 Å². The minimum absolute atomic E-state index is 0.115. The monoisotopic (exact) mass is 1010 g/mol. The molecule has 0 rings (SSSR count). The molecule has 0 bridgehead atoms. The zero-order valence-corrected chi connectivity index (χ0v) is 50.1. The SMILES string of the molecule is CCCCCCCCCCCC/C=C/CCCCCCCCCCCCCCCCCCCCCCCCCCC(CC(=O)N(CCCCCCCC)CCCCCCCC)C(=O)OCCCCCCCC. The van der Waals surface area contributed by atoms with E-state index < -0.39 is 0 Å². The Morgan fingerprint density at radius 2 is 0.569 bits per heavy atom. The van der Waals surface area contributed by atoms with Crippen molar-refractivity contribution < 1.29 is 14.3 Å². The average Bonchev–Trinajstić information content (AvgIpc) is 3.38. The van der Waals surface area contributed by atoms with Crippen molar-refractivity contribution in [1.82, 2.24) is 4.90 Å². The quantitative estimate of drug-likeness (QED) is 0.0346. The van der Waals surface area contributed by atoms with Crippen molar-refractivity contribution in [2.24, 2.45) is 5.92 Å². The van der Waals surface area contributed by atoms with E-state index in [0.29, 0.717) is 13.0 Å². The molecule has 0 N–H and O–H groups in total. The molecule has 0 fully saturated rings. The number of hydrogen-bond acceptors (Lipinski definition) is 3. The standard InChI is InChI=1S/C68H133NO3/c1-5-9-13-17-21-22-23-24-25-26-27-28-29-30-31-32-33-34-35-36-37-38-39-40-41-42-43-44-45-46-47-48-49-50-51-52-53-57-61-66(68(71)72-64-60-56-20-16-12-8-4)65-67(70)69(62-58-54-18-14-10-6-2)63-59-55-19-15-11-7-3/h28-29,66H,5-27,30-65H2,1-4H3/b29-28+. The molecule has 0 aromatic carbocycles. The summed E-state index contributed by atoms with van der Waals surface area (Å²) in [6, 6.07) is 0. The van der Waals surface area contributed by atoms with Gasteiger partial charge in [0.05, 0.1) is 12.5 Å². The van der Waals surface area contributed by atoms with Gasteiger partial charge in [0.15, 0.2) is 0 Å². The second-order valence-electron chi connectivity index (χ2n) is 23.3. The maximum Gasteiger partial charge on any atom is 0.309 e. The van der Waals surface area contributed by atoms with Gasteiger partial charge in [0.25, 0.3) is 0 Å². The highest BCUT2D eigenvalue weighted by atomic mass is 16.5. The van der Waals surface area contributed by atoms with Crippen LogP contribution in [0.5, 0.6) is 0 Å². The summed E-state index contributed by atoms with van der Waals surface area (Å²) in [5.41, 5.74) is 0. The van der Waals surface area contributed by atoms with Crippen LogP contribution in [0.25, 0.3) is 0 Å². The summed E-state index contributed by atoms with van der Waals surface area (Å²) >= 11 is 0. The number of nitrogens with zero attached hydrogens (tertiary/aromatic N) is 1. The van der Waals surface area contributed by atoms with Gasteiger partial charge in [-0.3, -0.25) is 9.59 Å². The maximum atomic E-state index is 13.9. The zero-order chi connectivity index (χ0) is 52.2. The second kappa shape index (κ2) is 62.2. The smallest absolute Gasteiger partial charge is 0.309 e. The molecule has 4 heteroatoms. The van der Waals surface area contributed by atoms with Gasteiger partial charge in [-0.25, -0.2) is 0 Å². The van der Waals surface area contributed by atoms with E-state index in [2.05, 4.69) is 44.7 Å². The van der Waals surface area contributed by atoms with Crippen LogP contribution in [-0.4, -0.2) is 36.5 Å². The van der Waals surface area contributed by atoms with E-state index in [1.165, 1.54) is 308 Å². The largest absolute Gasteiger partial charge is 0.465 e. The lowest BCUT2D eigenvalue weighted by Gasteiger charge is -2.25. The molecular formula is C68H133NO3. The molecule has 0 saturated carbocycles. The number of allylic oxidation sites excluding steroid dienone is 2. The topological polar surface area (TPSA) is 46.6 Å². The lowest BCUT2D eigenvalue weighted by molar-refractivity contribution is -0.152. The van der Waals surface area contributed by atoms with Crippen LogP contribution in [0.3, 0.4) is 0 Å². The molecule has 0 heterocycles. The average molecular weight is 1010 g/mol. The predicted molar refractivity (Wildman–Crippen MR) is 321 cm³/mol. The Kier molecular flexibility index (Phi) is 61.1. The van der Waals surface area contributed by atoms with Crippen LogP contribution in [-0.2, 0) is 14.3 Å². The van der Waals surface area contributed by atoms with Crippen LogP contribution < -0.4 is 0 Å².